The largest absolute Gasteiger partial charge is 0.486 e. The molecule has 132 valence electrons. The van der Waals surface area contributed by atoms with Crippen molar-refractivity contribution in [3.8, 4) is 11.5 Å². The molecule has 1 aromatic heterocycles. The standard InChI is InChI=1S/C18H16N4O4/c1-10-14(15-16-19-4-5-22(16)9-20-18(15)26-10)17(23)21-11-2-3-12-13(8-11)25-7-6-24-12/h2-3,8-9H,4-7H2,1H3,(H,21,23). The van der Waals surface area contributed by atoms with Crippen molar-refractivity contribution in [3.63, 3.8) is 0 Å². The molecule has 2 aromatic rings. The zero-order valence-corrected chi connectivity index (χ0v) is 14.1. The molecular formula is C18H16N4O4. The number of aliphatic imine (C=N–C) groups is 2. The molecule has 1 amide bonds. The summed E-state index contributed by atoms with van der Waals surface area (Å²) in [5, 5.41) is 2.91. The van der Waals surface area contributed by atoms with E-state index in [0.29, 0.717) is 59.7 Å². The topological polar surface area (TPSA) is 88.7 Å². The van der Waals surface area contributed by atoms with Crippen LogP contribution in [0.5, 0.6) is 11.5 Å². The monoisotopic (exact) mass is 352 g/mol. The molecule has 0 fully saturated rings. The van der Waals surface area contributed by atoms with Gasteiger partial charge in [-0.25, -0.2) is 4.99 Å². The number of benzene rings is 1. The van der Waals surface area contributed by atoms with E-state index < -0.39 is 0 Å². The molecule has 3 aliphatic heterocycles. The summed E-state index contributed by atoms with van der Waals surface area (Å²) in [5.41, 5.74) is 1.73. The molecule has 0 saturated carbocycles. The van der Waals surface area contributed by atoms with Gasteiger partial charge in [0.25, 0.3) is 5.91 Å². The van der Waals surface area contributed by atoms with E-state index in [0.717, 1.165) is 12.4 Å². The molecule has 8 nitrogen and oxygen atoms in total. The quantitative estimate of drug-likeness (QED) is 0.896. The van der Waals surface area contributed by atoms with Gasteiger partial charge in [-0.3, -0.25) is 9.79 Å². The van der Waals surface area contributed by atoms with Gasteiger partial charge in [0.2, 0.25) is 5.88 Å². The van der Waals surface area contributed by atoms with E-state index in [9.17, 15) is 4.79 Å². The lowest BCUT2D eigenvalue weighted by Gasteiger charge is -2.19. The lowest BCUT2D eigenvalue weighted by molar-refractivity contribution is 0.102. The molecule has 0 radical (unpaired) electrons. The minimum Gasteiger partial charge on any atom is -0.486 e. The summed E-state index contributed by atoms with van der Waals surface area (Å²) in [6.07, 6.45) is 1.69. The Morgan fingerprint density at radius 2 is 2.08 bits per heavy atom. The Kier molecular flexibility index (Phi) is 3.24. The first-order chi connectivity index (χ1) is 12.7. The average molecular weight is 352 g/mol. The summed E-state index contributed by atoms with van der Waals surface area (Å²) in [6, 6.07) is 5.32. The van der Waals surface area contributed by atoms with E-state index in [1.807, 2.05) is 4.90 Å². The molecule has 0 atom stereocenters. The zero-order valence-electron chi connectivity index (χ0n) is 14.1. The Balaban J connectivity index is 1.49. The second-order valence-corrected chi connectivity index (χ2v) is 6.17. The number of furan rings is 1. The lowest BCUT2D eigenvalue weighted by Crippen LogP contribution is -2.30. The summed E-state index contributed by atoms with van der Waals surface area (Å²) in [6.45, 7) is 4.21. The van der Waals surface area contributed by atoms with Crippen molar-refractivity contribution in [2.75, 3.05) is 31.6 Å². The maximum atomic E-state index is 13.0. The number of aryl methyl sites for hydroxylation is 1. The summed E-state index contributed by atoms with van der Waals surface area (Å²) in [4.78, 5) is 23.7. The minimum atomic E-state index is -0.268. The van der Waals surface area contributed by atoms with Gasteiger partial charge in [-0.1, -0.05) is 0 Å². The normalized spacial score (nSPS) is 16.8. The summed E-state index contributed by atoms with van der Waals surface area (Å²) in [5.74, 6) is 2.70. The number of nitrogens with one attached hydrogen (secondary N) is 1. The van der Waals surface area contributed by atoms with Crippen molar-refractivity contribution in [3.05, 3.63) is 35.1 Å². The van der Waals surface area contributed by atoms with E-state index in [-0.39, 0.29) is 5.91 Å². The molecule has 0 bridgehead atoms. The first-order valence-corrected chi connectivity index (χ1v) is 8.41. The molecule has 1 aromatic carbocycles. The van der Waals surface area contributed by atoms with E-state index >= 15 is 0 Å². The van der Waals surface area contributed by atoms with Crippen LogP contribution >= 0.6 is 0 Å². The zero-order chi connectivity index (χ0) is 17.7. The highest BCUT2D eigenvalue weighted by Crippen LogP contribution is 2.36. The maximum absolute atomic E-state index is 13.0. The number of anilines is 1. The molecule has 5 rings (SSSR count). The van der Waals surface area contributed by atoms with Gasteiger partial charge in [-0.2, -0.15) is 0 Å². The maximum Gasteiger partial charge on any atom is 0.260 e. The van der Waals surface area contributed by atoms with Gasteiger partial charge in [-0.05, 0) is 19.1 Å². The Morgan fingerprint density at radius 3 is 2.96 bits per heavy atom. The van der Waals surface area contributed by atoms with Crippen molar-refractivity contribution in [2.45, 2.75) is 6.92 Å². The second kappa shape index (κ2) is 5.62. The SMILES string of the molecule is Cc1oc2c(c1C(=O)Nc1ccc3c(c1)OCCO3)C1=NCCN1C=N2. The first kappa shape index (κ1) is 15.0. The van der Waals surface area contributed by atoms with Gasteiger partial charge in [0, 0.05) is 18.3 Å². The van der Waals surface area contributed by atoms with Gasteiger partial charge in [0.15, 0.2) is 11.5 Å². The number of amidine groups is 1. The molecular weight excluding hydrogens is 336 g/mol. The Labute approximate surface area is 149 Å². The summed E-state index contributed by atoms with van der Waals surface area (Å²) in [7, 11) is 0. The fourth-order valence-corrected chi connectivity index (χ4v) is 3.33. The molecule has 1 N–H and O–H groups in total. The fourth-order valence-electron chi connectivity index (χ4n) is 3.33. The number of carbonyl (C=O) groups excluding carboxylic acids is 1. The van der Waals surface area contributed by atoms with Gasteiger partial charge in [0.1, 0.15) is 31.1 Å². The second-order valence-electron chi connectivity index (χ2n) is 6.17. The number of nitrogens with zero attached hydrogens (tertiary/aromatic N) is 3. The third-order valence-electron chi connectivity index (χ3n) is 4.51. The van der Waals surface area contributed by atoms with E-state index in [1.165, 1.54) is 0 Å². The number of carbonyl (C=O) groups is 1. The van der Waals surface area contributed by atoms with Crippen LogP contribution in [0.4, 0.5) is 11.6 Å². The minimum absolute atomic E-state index is 0.268. The van der Waals surface area contributed by atoms with Crippen LogP contribution in [0.3, 0.4) is 0 Å². The van der Waals surface area contributed by atoms with Crippen molar-refractivity contribution in [1.29, 1.82) is 0 Å². The third-order valence-corrected chi connectivity index (χ3v) is 4.51. The van der Waals surface area contributed by atoms with Crippen LogP contribution in [-0.2, 0) is 0 Å². The lowest BCUT2D eigenvalue weighted by atomic mass is 10.1. The number of hydrogen-bond donors (Lipinski definition) is 1. The van der Waals surface area contributed by atoms with E-state index in [1.54, 1.807) is 31.5 Å². The van der Waals surface area contributed by atoms with Crippen LogP contribution in [0, 0.1) is 6.92 Å². The summed E-state index contributed by atoms with van der Waals surface area (Å²) >= 11 is 0. The van der Waals surface area contributed by atoms with Gasteiger partial charge in [-0.15, -0.1) is 0 Å². The molecule has 3 aliphatic rings. The number of fused-ring (bicyclic) bond motifs is 4. The van der Waals surface area contributed by atoms with E-state index in [2.05, 4.69) is 15.3 Å². The van der Waals surface area contributed by atoms with Crippen LogP contribution in [0.25, 0.3) is 0 Å². The predicted molar refractivity (Wildman–Crippen MR) is 95.1 cm³/mol. The number of amides is 1. The predicted octanol–water partition coefficient (Wildman–Crippen LogP) is 2.35. The molecule has 0 saturated heterocycles. The van der Waals surface area contributed by atoms with Crippen LogP contribution in [0.1, 0.15) is 21.7 Å². The molecule has 0 unspecified atom stereocenters. The van der Waals surface area contributed by atoms with Crippen LogP contribution in [0.2, 0.25) is 0 Å². The van der Waals surface area contributed by atoms with Crippen LogP contribution < -0.4 is 14.8 Å². The van der Waals surface area contributed by atoms with Crippen molar-refractivity contribution < 1.29 is 18.7 Å². The number of ether oxygens (including phenoxy) is 2. The Morgan fingerprint density at radius 1 is 1.23 bits per heavy atom. The Bertz CT molecular complexity index is 976. The van der Waals surface area contributed by atoms with Crippen molar-refractivity contribution in [2.24, 2.45) is 9.98 Å². The first-order valence-electron chi connectivity index (χ1n) is 8.41. The highest BCUT2D eigenvalue weighted by atomic mass is 16.6. The average Bonchev–Trinajstić information content (AvgIpc) is 3.24. The number of hydrogen-bond acceptors (Lipinski definition) is 7. The van der Waals surface area contributed by atoms with E-state index in [4.69, 9.17) is 13.9 Å². The number of rotatable bonds is 2. The third kappa shape index (κ3) is 2.26. The van der Waals surface area contributed by atoms with Crippen molar-refractivity contribution in [1.82, 2.24) is 4.90 Å². The smallest absolute Gasteiger partial charge is 0.260 e. The molecule has 4 heterocycles. The Hall–Kier alpha value is -3.29. The highest BCUT2D eigenvalue weighted by Gasteiger charge is 2.33. The van der Waals surface area contributed by atoms with Gasteiger partial charge < -0.3 is 24.1 Å². The molecule has 0 aliphatic carbocycles. The molecule has 26 heavy (non-hydrogen) atoms. The fraction of sp³-hybridized carbons (Fsp3) is 0.278. The van der Waals surface area contributed by atoms with Crippen molar-refractivity contribution >= 4 is 29.7 Å². The molecule has 8 heteroatoms. The summed E-state index contributed by atoms with van der Waals surface area (Å²) < 4.78 is 16.8. The molecule has 0 spiro atoms. The highest BCUT2D eigenvalue weighted by molar-refractivity contribution is 6.19. The van der Waals surface area contributed by atoms with Gasteiger partial charge >= 0.3 is 0 Å². The van der Waals surface area contributed by atoms with Crippen LogP contribution in [-0.4, -0.2) is 49.3 Å². The van der Waals surface area contributed by atoms with Gasteiger partial charge in [0.05, 0.1) is 17.7 Å². The van der Waals surface area contributed by atoms with Crippen LogP contribution in [0.15, 0.2) is 32.6 Å².